The fourth-order valence-electron chi connectivity index (χ4n) is 5.37. The molecular weight excluding hydrogens is 586 g/mol. The van der Waals surface area contributed by atoms with Crippen molar-refractivity contribution >= 4 is 28.6 Å². The van der Waals surface area contributed by atoms with Gasteiger partial charge < -0.3 is 30.6 Å². The number of benzene rings is 3. The molecule has 6 N–H and O–H groups in total. The molecule has 0 radical (unpaired) electrons. The number of fused-ring (bicyclic) bond motifs is 1. The molecule has 4 aromatic rings. The van der Waals surface area contributed by atoms with Gasteiger partial charge >= 0.3 is 5.97 Å². The van der Waals surface area contributed by atoms with E-state index in [4.69, 9.17) is 4.74 Å². The second-order valence-corrected chi connectivity index (χ2v) is 11.8. The zero-order valence-electron chi connectivity index (χ0n) is 26.2. The lowest BCUT2D eigenvalue weighted by Gasteiger charge is -2.28. The third-order valence-corrected chi connectivity index (χ3v) is 7.67. The number of carboxylic acid groups (broad SMARTS) is 1. The minimum atomic E-state index is -1.30. The molecule has 0 unspecified atom stereocenters. The van der Waals surface area contributed by atoms with Crippen LogP contribution in [0.3, 0.4) is 0 Å². The van der Waals surface area contributed by atoms with Gasteiger partial charge in [-0.2, -0.15) is 0 Å². The van der Waals surface area contributed by atoms with E-state index in [1.807, 2.05) is 86.6 Å². The summed E-state index contributed by atoms with van der Waals surface area (Å²) in [6.07, 6.45) is 2.07. The Bertz CT molecular complexity index is 1540. The average Bonchev–Trinajstić information content (AvgIpc) is 3.55. The molecule has 4 atom stereocenters. The number of hydrogen-bond acceptors (Lipinski definition) is 7. The molecule has 46 heavy (non-hydrogen) atoms. The van der Waals surface area contributed by atoms with Crippen molar-refractivity contribution < 1.29 is 29.3 Å². The van der Waals surface area contributed by atoms with Crippen LogP contribution in [-0.4, -0.2) is 68.9 Å². The van der Waals surface area contributed by atoms with E-state index in [-0.39, 0.29) is 19.1 Å². The largest absolute Gasteiger partial charge is 0.481 e. The molecule has 0 saturated heterocycles. The molecule has 0 aliphatic carbocycles. The maximum Gasteiger partial charge on any atom is 0.306 e. The first-order valence-corrected chi connectivity index (χ1v) is 15.5. The fourth-order valence-corrected chi connectivity index (χ4v) is 5.37. The van der Waals surface area contributed by atoms with Gasteiger partial charge in [0.25, 0.3) is 0 Å². The number of imidazole rings is 1. The van der Waals surface area contributed by atoms with Crippen LogP contribution in [0.5, 0.6) is 0 Å². The molecule has 0 saturated carbocycles. The number of aromatic nitrogens is 2. The smallest absolute Gasteiger partial charge is 0.306 e. The molecule has 2 amide bonds. The Morgan fingerprint density at radius 1 is 0.891 bits per heavy atom. The Hall–Kier alpha value is -4.58. The molecule has 11 heteroatoms. The van der Waals surface area contributed by atoms with Crippen LogP contribution in [0.15, 0.2) is 85.3 Å². The van der Waals surface area contributed by atoms with Gasteiger partial charge in [0, 0.05) is 12.6 Å². The van der Waals surface area contributed by atoms with Gasteiger partial charge in [-0.3, -0.25) is 19.7 Å². The molecule has 11 nitrogen and oxygen atoms in total. The summed E-state index contributed by atoms with van der Waals surface area (Å²) in [6, 6.07) is 20.9. The van der Waals surface area contributed by atoms with Crippen LogP contribution in [0, 0.1) is 5.92 Å². The summed E-state index contributed by atoms with van der Waals surface area (Å²) in [5.41, 5.74) is 2.50. The van der Waals surface area contributed by atoms with E-state index >= 15 is 0 Å². The van der Waals surface area contributed by atoms with Crippen LogP contribution in [0.2, 0.25) is 0 Å². The Balaban J connectivity index is 1.54. The summed E-state index contributed by atoms with van der Waals surface area (Å²) in [7, 11) is 0. The van der Waals surface area contributed by atoms with Crippen molar-refractivity contribution in [2.45, 2.75) is 70.4 Å². The van der Waals surface area contributed by atoms with Gasteiger partial charge in [-0.15, -0.1) is 0 Å². The van der Waals surface area contributed by atoms with Crippen LogP contribution in [0.25, 0.3) is 10.8 Å². The van der Waals surface area contributed by atoms with Crippen molar-refractivity contribution in [3.05, 3.63) is 102 Å². The quantitative estimate of drug-likeness (QED) is 0.0721. The number of rotatable bonds is 18. The normalized spacial score (nSPS) is 14.0. The van der Waals surface area contributed by atoms with Crippen molar-refractivity contribution in [2.24, 2.45) is 5.92 Å². The van der Waals surface area contributed by atoms with E-state index in [1.165, 1.54) is 6.33 Å². The molecule has 1 heterocycles. The Morgan fingerprint density at radius 3 is 2.33 bits per heavy atom. The number of nitrogens with one attached hydrogen (secondary N) is 4. The highest BCUT2D eigenvalue weighted by Crippen LogP contribution is 2.20. The second-order valence-electron chi connectivity index (χ2n) is 11.8. The number of aliphatic hydroxyl groups is 1. The number of ether oxygens (including phenoxy) is 1. The number of carbonyl (C=O) groups excluding carboxylic acids is 2. The average molecular weight is 630 g/mol. The minimum Gasteiger partial charge on any atom is -0.481 e. The number of aliphatic hydroxyl groups excluding tert-OH is 1. The number of nitrogens with zero attached hydrogens (tertiary/aromatic N) is 1. The maximum absolute atomic E-state index is 14.0. The number of aromatic amines is 1. The van der Waals surface area contributed by atoms with Gasteiger partial charge in [-0.05, 0) is 40.7 Å². The monoisotopic (exact) mass is 629 g/mol. The predicted molar refractivity (Wildman–Crippen MR) is 175 cm³/mol. The van der Waals surface area contributed by atoms with Crippen LogP contribution in [-0.2, 0) is 38.6 Å². The first kappa shape index (κ1) is 34.3. The van der Waals surface area contributed by atoms with Gasteiger partial charge in [0.15, 0.2) is 0 Å². The number of carboxylic acids is 1. The van der Waals surface area contributed by atoms with E-state index in [0.29, 0.717) is 25.1 Å². The third-order valence-electron chi connectivity index (χ3n) is 7.67. The first-order valence-electron chi connectivity index (χ1n) is 15.5. The Morgan fingerprint density at radius 2 is 1.61 bits per heavy atom. The van der Waals surface area contributed by atoms with Crippen LogP contribution >= 0.6 is 0 Å². The zero-order valence-corrected chi connectivity index (χ0v) is 26.2. The molecule has 0 aliphatic heterocycles. The van der Waals surface area contributed by atoms with Crippen molar-refractivity contribution in [2.75, 3.05) is 6.73 Å². The van der Waals surface area contributed by atoms with Crippen LogP contribution in [0.1, 0.15) is 43.5 Å². The number of H-pyrrole nitrogens is 1. The lowest BCUT2D eigenvalue weighted by atomic mass is 9.96. The lowest BCUT2D eigenvalue weighted by molar-refractivity contribution is -0.140. The summed E-state index contributed by atoms with van der Waals surface area (Å²) in [4.78, 5) is 46.1. The van der Waals surface area contributed by atoms with Crippen molar-refractivity contribution in [1.82, 2.24) is 25.9 Å². The summed E-state index contributed by atoms with van der Waals surface area (Å²) < 4.78 is 5.85. The highest BCUT2D eigenvalue weighted by Gasteiger charge is 2.31. The summed E-state index contributed by atoms with van der Waals surface area (Å²) in [5, 5.41) is 30.8. The van der Waals surface area contributed by atoms with E-state index in [1.54, 1.807) is 6.20 Å². The molecule has 0 bridgehead atoms. The van der Waals surface area contributed by atoms with E-state index < -0.39 is 48.4 Å². The standard InChI is InChI=1S/C35H43N5O6/c1-23(2)15-29(32(41)18-33(42)43)39-35(45)31(17-27-19-36-21-37-27)40-34(44)30(38-22-46-20-24-9-4-3-5-10-24)16-26-13-8-12-25-11-6-7-14-28(25)26/h3-14,19,21,23,29-32,38,41H,15-18,20,22H2,1-2H3,(H,36,37)(H,39,45)(H,40,44)(H,42,43)/t29-,30-,31+,32-/m0/s1. The molecule has 0 aliphatic rings. The Kier molecular flexibility index (Phi) is 12.8. The van der Waals surface area contributed by atoms with Gasteiger partial charge in [0.05, 0.1) is 50.0 Å². The second kappa shape index (κ2) is 17.2. The first-order chi connectivity index (χ1) is 22.2. The summed E-state index contributed by atoms with van der Waals surface area (Å²) in [5.74, 6) is -2.07. The topological polar surface area (TPSA) is 166 Å². The highest BCUT2D eigenvalue weighted by molar-refractivity contribution is 5.91. The van der Waals surface area contributed by atoms with Crippen LogP contribution < -0.4 is 16.0 Å². The van der Waals surface area contributed by atoms with Gasteiger partial charge in [-0.1, -0.05) is 86.6 Å². The van der Waals surface area contributed by atoms with E-state index in [0.717, 1.165) is 21.9 Å². The number of amides is 2. The summed E-state index contributed by atoms with van der Waals surface area (Å²) >= 11 is 0. The molecule has 3 aromatic carbocycles. The fraction of sp³-hybridized carbons (Fsp3) is 0.371. The summed E-state index contributed by atoms with van der Waals surface area (Å²) in [6.45, 7) is 4.28. The van der Waals surface area contributed by atoms with Crippen molar-refractivity contribution in [3.63, 3.8) is 0 Å². The van der Waals surface area contributed by atoms with E-state index in [2.05, 4.69) is 25.9 Å². The molecule has 0 fully saturated rings. The highest BCUT2D eigenvalue weighted by atomic mass is 16.5. The molecule has 1 aromatic heterocycles. The number of aliphatic carboxylic acids is 1. The van der Waals surface area contributed by atoms with Gasteiger partial charge in [0.2, 0.25) is 11.8 Å². The molecule has 0 spiro atoms. The minimum absolute atomic E-state index is 0.0679. The SMILES string of the molecule is CC(C)C[C@H](NC(=O)[C@@H](Cc1c[nH]cn1)NC(=O)[C@H](Cc1cccc2ccccc12)NCOCc1ccccc1)[C@@H](O)CC(=O)O. The predicted octanol–water partition coefficient (Wildman–Crippen LogP) is 3.33. The van der Waals surface area contributed by atoms with Crippen molar-refractivity contribution in [3.8, 4) is 0 Å². The van der Waals surface area contributed by atoms with Crippen LogP contribution in [0.4, 0.5) is 0 Å². The van der Waals surface area contributed by atoms with Gasteiger partial charge in [-0.25, -0.2) is 4.98 Å². The molecular formula is C35H43N5O6. The Labute approximate surface area is 268 Å². The number of carbonyl (C=O) groups is 3. The molecule has 4 rings (SSSR count). The zero-order chi connectivity index (χ0) is 32.9. The lowest BCUT2D eigenvalue weighted by Crippen LogP contribution is -2.57. The third kappa shape index (κ3) is 10.5. The molecule has 244 valence electrons. The van der Waals surface area contributed by atoms with Gasteiger partial charge in [0.1, 0.15) is 6.04 Å². The van der Waals surface area contributed by atoms with Crippen molar-refractivity contribution in [1.29, 1.82) is 0 Å². The number of hydrogen-bond donors (Lipinski definition) is 6. The van der Waals surface area contributed by atoms with E-state index in [9.17, 15) is 24.6 Å². The maximum atomic E-state index is 14.0.